The van der Waals surface area contributed by atoms with E-state index in [1.165, 1.54) is 21.1 Å². The van der Waals surface area contributed by atoms with Crippen molar-refractivity contribution in [2.45, 2.75) is 31.6 Å². The molecule has 0 bridgehead atoms. The molecule has 1 fully saturated rings. The van der Waals surface area contributed by atoms with Gasteiger partial charge < -0.3 is 9.88 Å². The van der Waals surface area contributed by atoms with Crippen LogP contribution in [0.3, 0.4) is 0 Å². The molecule has 27 heavy (non-hydrogen) atoms. The zero-order valence-electron chi connectivity index (χ0n) is 15.7. The molecule has 1 aliphatic heterocycles. The van der Waals surface area contributed by atoms with Crippen LogP contribution in [0.4, 0.5) is 5.69 Å². The average molecular weight is 410 g/mol. The van der Waals surface area contributed by atoms with Gasteiger partial charge in [0.25, 0.3) is 5.91 Å². The van der Waals surface area contributed by atoms with E-state index in [2.05, 4.69) is 12.2 Å². The zero-order valence-corrected chi connectivity index (χ0v) is 17.3. The lowest BCUT2D eigenvalue weighted by atomic mass is 10.0. The van der Waals surface area contributed by atoms with Gasteiger partial charge in [0.2, 0.25) is 10.0 Å². The smallest absolute Gasteiger partial charge is 0.272 e. The highest BCUT2D eigenvalue weighted by atomic mass is 35.5. The number of nitrogens with zero attached hydrogens (tertiary/aromatic N) is 2. The molecule has 146 valence electrons. The quantitative estimate of drug-likeness (QED) is 0.837. The van der Waals surface area contributed by atoms with E-state index in [0.717, 1.165) is 18.4 Å². The number of piperidine rings is 1. The van der Waals surface area contributed by atoms with Crippen molar-refractivity contribution in [3.8, 4) is 0 Å². The average Bonchev–Trinajstić information content (AvgIpc) is 3.01. The fourth-order valence-electron chi connectivity index (χ4n) is 3.33. The minimum absolute atomic E-state index is 0.145. The minimum atomic E-state index is -3.61. The number of anilines is 1. The van der Waals surface area contributed by atoms with Gasteiger partial charge in [0.05, 0.1) is 0 Å². The molecule has 8 heteroatoms. The third-order valence-electron chi connectivity index (χ3n) is 4.92. The second-order valence-corrected chi connectivity index (χ2v) is 9.57. The maximum Gasteiger partial charge on any atom is 0.272 e. The van der Waals surface area contributed by atoms with Crippen LogP contribution in [-0.2, 0) is 17.1 Å². The molecule has 0 aliphatic carbocycles. The number of amides is 1. The second-order valence-electron chi connectivity index (χ2n) is 7.20. The van der Waals surface area contributed by atoms with E-state index in [1.807, 2.05) is 13.0 Å². The molecule has 2 aromatic rings. The number of aromatic nitrogens is 1. The van der Waals surface area contributed by atoms with E-state index in [-0.39, 0.29) is 16.5 Å². The summed E-state index contributed by atoms with van der Waals surface area (Å²) >= 11 is 6.00. The standard InChI is InChI=1S/C19H24ClN3O3S/c1-13-5-4-8-23(11-13)27(25,26)16-10-18(22(3)12-16)19(24)21-17-9-15(20)7-6-14(17)2/h6-7,9-10,12-13H,4-5,8,11H2,1-3H3,(H,21,24)/t13-/m1/s1. The number of benzene rings is 1. The number of rotatable bonds is 4. The van der Waals surface area contributed by atoms with Crippen LogP contribution in [0.5, 0.6) is 0 Å². The van der Waals surface area contributed by atoms with E-state index < -0.39 is 10.0 Å². The van der Waals surface area contributed by atoms with Gasteiger partial charge >= 0.3 is 0 Å². The fourth-order valence-corrected chi connectivity index (χ4v) is 5.17. The van der Waals surface area contributed by atoms with Gasteiger partial charge in [-0.25, -0.2) is 8.42 Å². The normalized spacial score (nSPS) is 18.4. The zero-order chi connectivity index (χ0) is 19.8. The number of hydrogen-bond donors (Lipinski definition) is 1. The third kappa shape index (κ3) is 4.20. The highest BCUT2D eigenvalue weighted by molar-refractivity contribution is 7.89. The SMILES string of the molecule is Cc1ccc(Cl)cc1NC(=O)c1cc(S(=O)(=O)N2CCC[C@@H](C)C2)cn1C. The van der Waals surface area contributed by atoms with Gasteiger partial charge in [0.15, 0.2) is 0 Å². The van der Waals surface area contributed by atoms with Gasteiger partial charge in [-0.3, -0.25) is 4.79 Å². The Balaban J connectivity index is 1.85. The first-order valence-corrected chi connectivity index (χ1v) is 10.7. The first-order chi connectivity index (χ1) is 12.7. The molecule has 6 nitrogen and oxygen atoms in total. The second kappa shape index (κ2) is 7.66. The van der Waals surface area contributed by atoms with Crippen LogP contribution in [0.25, 0.3) is 0 Å². The Labute approximate surface area is 165 Å². The summed E-state index contributed by atoms with van der Waals surface area (Å²) in [7, 11) is -1.94. The Hall–Kier alpha value is -1.83. The van der Waals surface area contributed by atoms with Crippen LogP contribution >= 0.6 is 11.6 Å². The number of sulfonamides is 1. The summed E-state index contributed by atoms with van der Waals surface area (Å²) < 4.78 is 28.9. The van der Waals surface area contributed by atoms with Gasteiger partial charge in [-0.15, -0.1) is 0 Å². The maximum atomic E-state index is 12.9. The molecular formula is C19H24ClN3O3S. The molecule has 2 heterocycles. The van der Waals surface area contributed by atoms with Crippen LogP contribution in [0.1, 0.15) is 35.8 Å². The Morgan fingerprint density at radius 2 is 2.04 bits per heavy atom. The fraction of sp³-hybridized carbons (Fsp3) is 0.421. The summed E-state index contributed by atoms with van der Waals surface area (Å²) in [5, 5.41) is 3.33. The molecule has 1 aromatic carbocycles. The van der Waals surface area contributed by atoms with E-state index >= 15 is 0 Å². The Morgan fingerprint density at radius 3 is 2.74 bits per heavy atom. The van der Waals surface area contributed by atoms with Crippen molar-refractivity contribution in [1.29, 1.82) is 0 Å². The van der Waals surface area contributed by atoms with Gasteiger partial charge in [-0.1, -0.05) is 24.6 Å². The molecule has 1 aliphatic rings. The highest BCUT2D eigenvalue weighted by Gasteiger charge is 2.30. The van der Waals surface area contributed by atoms with Gasteiger partial charge in [0, 0.05) is 37.0 Å². The minimum Gasteiger partial charge on any atom is -0.345 e. The van der Waals surface area contributed by atoms with E-state index in [4.69, 9.17) is 11.6 Å². The van der Waals surface area contributed by atoms with Crippen molar-refractivity contribution >= 4 is 33.2 Å². The van der Waals surface area contributed by atoms with Crippen LogP contribution < -0.4 is 5.32 Å². The van der Waals surface area contributed by atoms with Gasteiger partial charge in [-0.05, 0) is 49.4 Å². The lowest BCUT2D eigenvalue weighted by molar-refractivity contribution is 0.101. The summed E-state index contributed by atoms with van der Waals surface area (Å²) in [6.07, 6.45) is 3.39. The van der Waals surface area contributed by atoms with Crippen molar-refractivity contribution in [1.82, 2.24) is 8.87 Å². The molecule has 1 aromatic heterocycles. The topological polar surface area (TPSA) is 71.4 Å². The molecule has 0 saturated carbocycles. The van der Waals surface area contributed by atoms with Gasteiger partial charge in [-0.2, -0.15) is 4.31 Å². The molecular weight excluding hydrogens is 386 g/mol. The van der Waals surface area contributed by atoms with Gasteiger partial charge in [0.1, 0.15) is 10.6 Å². The number of carbonyl (C=O) groups excluding carboxylic acids is 1. The summed E-state index contributed by atoms with van der Waals surface area (Å²) in [6, 6.07) is 6.67. The molecule has 1 amide bonds. The van der Waals surface area contributed by atoms with Crippen molar-refractivity contribution in [3.63, 3.8) is 0 Å². The number of nitrogens with one attached hydrogen (secondary N) is 1. The summed E-state index contributed by atoms with van der Waals surface area (Å²) in [5.74, 6) is -0.0397. The first kappa shape index (κ1) is 19.9. The Kier molecular flexibility index (Phi) is 5.65. The molecule has 1 atom stereocenters. The number of aryl methyl sites for hydroxylation is 2. The number of halogens is 1. The number of hydrogen-bond acceptors (Lipinski definition) is 3. The lowest BCUT2D eigenvalue weighted by Crippen LogP contribution is -2.38. The third-order valence-corrected chi connectivity index (χ3v) is 6.98. The Morgan fingerprint density at radius 1 is 1.30 bits per heavy atom. The first-order valence-electron chi connectivity index (χ1n) is 8.92. The van der Waals surface area contributed by atoms with E-state index in [0.29, 0.717) is 29.7 Å². The van der Waals surface area contributed by atoms with Crippen LogP contribution in [-0.4, -0.2) is 36.3 Å². The maximum absolute atomic E-state index is 12.9. The monoisotopic (exact) mass is 409 g/mol. The van der Waals surface area contributed by atoms with Crippen LogP contribution in [0, 0.1) is 12.8 Å². The highest BCUT2D eigenvalue weighted by Crippen LogP contribution is 2.26. The summed E-state index contributed by atoms with van der Waals surface area (Å²) in [6.45, 7) is 4.95. The van der Waals surface area contributed by atoms with Crippen molar-refractivity contribution in [2.24, 2.45) is 13.0 Å². The molecule has 3 rings (SSSR count). The molecule has 1 N–H and O–H groups in total. The predicted molar refractivity (Wildman–Crippen MR) is 107 cm³/mol. The van der Waals surface area contributed by atoms with E-state index in [9.17, 15) is 13.2 Å². The van der Waals surface area contributed by atoms with Crippen molar-refractivity contribution in [3.05, 3.63) is 46.7 Å². The predicted octanol–water partition coefficient (Wildman–Crippen LogP) is 3.66. The van der Waals surface area contributed by atoms with Crippen LogP contribution in [0.2, 0.25) is 5.02 Å². The van der Waals surface area contributed by atoms with Crippen LogP contribution in [0.15, 0.2) is 35.4 Å². The molecule has 0 unspecified atom stereocenters. The van der Waals surface area contributed by atoms with E-state index in [1.54, 1.807) is 19.2 Å². The molecule has 0 radical (unpaired) electrons. The number of carbonyl (C=O) groups is 1. The summed E-state index contributed by atoms with van der Waals surface area (Å²) in [4.78, 5) is 12.8. The largest absolute Gasteiger partial charge is 0.345 e. The Bertz CT molecular complexity index is 969. The molecule has 1 saturated heterocycles. The van der Waals surface area contributed by atoms with Crippen molar-refractivity contribution < 1.29 is 13.2 Å². The van der Waals surface area contributed by atoms with Crippen molar-refractivity contribution in [2.75, 3.05) is 18.4 Å². The summed E-state index contributed by atoms with van der Waals surface area (Å²) in [5.41, 5.74) is 1.75. The lowest BCUT2D eigenvalue weighted by Gasteiger charge is -2.29. The molecule has 0 spiro atoms.